The van der Waals surface area contributed by atoms with Crippen molar-refractivity contribution in [2.24, 2.45) is 0 Å². The van der Waals surface area contributed by atoms with E-state index in [2.05, 4.69) is 266 Å². The van der Waals surface area contributed by atoms with Crippen LogP contribution in [0, 0.1) is 55.4 Å². The number of benzene rings is 8. The highest BCUT2D eigenvalue weighted by Gasteiger charge is 2.43. The van der Waals surface area contributed by atoms with Crippen LogP contribution in [0.2, 0.25) is 0 Å². The van der Waals surface area contributed by atoms with Crippen molar-refractivity contribution in [3.05, 3.63) is 212 Å². The second-order valence-electron chi connectivity index (χ2n) is 26.6. The molecule has 2 nitrogen and oxygen atoms in total. The lowest BCUT2D eigenvalue weighted by Crippen LogP contribution is -2.26. The van der Waals surface area contributed by atoms with Crippen molar-refractivity contribution < 1.29 is 0 Å². The van der Waals surface area contributed by atoms with Gasteiger partial charge in [0.2, 0.25) is 0 Å². The number of nitrogens with zero attached hydrogens (tertiary/aromatic N) is 2. The van der Waals surface area contributed by atoms with Crippen LogP contribution in [0.25, 0.3) is 21.9 Å². The molecule has 0 N–H and O–H groups in total. The zero-order valence-electron chi connectivity index (χ0n) is 53.2. The number of hydrogen-bond acceptors (Lipinski definition) is 2. The quantitative estimate of drug-likeness (QED) is 0.0702. The van der Waals surface area contributed by atoms with Crippen LogP contribution >= 0.6 is 0 Å². The Kier molecular flexibility index (Phi) is 19.7. The minimum absolute atomic E-state index is 0.0885. The minimum Gasteiger partial charge on any atom is -0.310 e. The van der Waals surface area contributed by atoms with Gasteiger partial charge in [0.25, 0.3) is 0 Å². The SMILES string of the molecule is CCCCCCCCC1(CCCCCCCC)c2cc(C)ccc2-c2c1cc(C)c1ccccc21.Cc1ccc(N(c2ccc(N(c3ccc(C)cc3)c3c(C)cc(C(C)(C)C)cc3C)cc2)c2c(C)cc(C(C)(C)C)cc2C)cc1. The van der Waals surface area contributed by atoms with Gasteiger partial charge in [0.1, 0.15) is 0 Å². The molecule has 0 heterocycles. The first-order valence-corrected chi connectivity index (χ1v) is 31.4. The van der Waals surface area contributed by atoms with Crippen LogP contribution in [0.4, 0.5) is 34.1 Å². The molecule has 0 aromatic heterocycles. The summed E-state index contributed by atoms with van der Waals surface area (Å²) in [4.78, 5) is 4.84. The van der Waals surface area contributed by atoms with E-state index in [0.29, 0.717) is 0 Å². The standard InChI is InChI=1S/C44H52N2.C35H48/c1-29-13-17-37(18-14-29)45(41-31(3)25-35(26-32(41)4)43(7,8)9)39-21-23-40(24-22-39)46(38-19-15-30(2)16-20-38)42-33(5)27-36(28-34(42)6)44(10,11)12;1-5-7-9-11-13-17-23-35(24-18-14-12-10-8-6-2)32-25-27(3)21-22-31(32)34-30-20-16-15-19-29(30)28(4)26-33(34)35/h13-28H,1-12H3;15-16,19-22,25-26H,5-14,17-18,23-24H2,1-4H3. The van der Waals surface area contributed by atoms with Gasteiger partial charge in [0.05, 0.1) is 11.4 Å². The van der Waals surface area contributed by atoms with Gasteiger partial charge in [-0.2, -0.15) is 0 Å². The van der Waals surface area contributed by atoms with Gasteiger partial charge in [-0.05, 0) is 200 Å². The van der Waals surface area contributed by atoms with Gasteiger partial charge >= 0.3 is 0 Å². The first kappa shape index (κ1) is 60.7. The summed E-state index contributed by atoms with van der Waals surface area (Å²) in [6.45, 7) is 36.3. The number of aryl methyl sites for hydroxylation is 8. The molecule has 0 saturated carbocycles. The molecule has 0 fully saturated rings. The zero-order valence-corrected chi connectivity index (χ0v) is 53.2. The van der Waals surface area contributed by atoms with Crippen LogP contribution < -0.4 is 9.80 Å². The Labute approximate surface area is 492 Å². The molecule has 0 atom stereocenters. The van der Waals surface area contributed by atoms with Gasteiger partial charge < -0.3 is 9.80 Å². The fourth-order valence-electron chi connectivity index (χ4n) is 13.2. The van der Waals surface area contributed by atoms with Crippen molar-refractivity contribution in [3.8, 4) is 11.1 Å². The van der Waals surface area contributed by atoms with Crippen LogP contribution in [0.1, 0.15) is 212 Å². The summed E-state index contributed by atoms with van der Waals surface area (Å²) in [5, 5.41) is 2.88. The Hall–Kier alpha value is -6.38. The molecule has 0 radical (unpaired) electrons. The van der Waals surface area contributed by atoms with Crippen molar-refractivity contribution >= 4 is 44.9 Å². The molecule has 0 spiro atoms. The summed E-state index contributed by atoms with van der Waals surface area (Å²) < 4.78 is 0. The lowest BCUT2D eigenvalue weighted by molar-refractivity contribution is 0.397. The van der Waals surface area contributed by atoms with E-state index in [1.54, 1.807) is 11.1 Å². The van der Waals surface area contributed by atoms with Crippen LogP contribution in [0.3, 0.4) is 0 Å². The highest BCUT2D eigenvalue weighted by Crippen LogP contribution is 2.57. The summed E-state index contributed by atoms with van der Waals surface area (Å²) in [5.74, 6) is 0. The lowest BCUT2D eigenvalue weighted by Gasteiger charge is -2.33. The fourth-order valence-corrected chi connectivity index (χ4v) is 13.2. The number of hydrogen-bond donors (Lipinski definition) is 0. The van der Waals surface area contributed by atoms with Crippen LogP contribution in [-0.4, -0.2) is 0 Å². The van der Waals surface area contributed by atoms with Crippen LogP contribution in [0.5, 0.6) is 0 Å². The van der Waals surface area contributed by atoms with Crippen molar-refractivity contribution in [2.45, 2.75) is 217 Å². The van der Waals surface area contributed by atoms with Gasteiger partial charge in [-0.25, -0.2) is 0 Å². The first-order valence-electron chi connectivity index (χ1n) is 31.4. The summed E-state index contributed by atoms with van der Waals surface area (Å²) in [5.41, 5.74) is 27.0. The summed E-state index contributed by atoms with van der Waals surface area (Å²) in [7, 11) is 0. The van der Waals surface area contributed by atoms with E-state index in [1.165, 1.54) is 179 Å². The molecule has 9 rings (SSSR count). The topological polar surface area (TPSA) is 6.48 Å². The Morgan fingerprint density at radius 1 is 0.346 bits per heavy atom. The average Bonchev–Trinajstić information content (AvgIpc) is 3.50. The van der Waals surface area contributed by atoms with Crippen LogP contribution in [0.15, 0.2) is 146 Å². The smallest absolute Gasteiger partial charge is 0.0520 e. The second kappa shape index (κ2) is 26.2. The van der Waals surface area contributed by atoms with E-state index in [4.69, 9.17) is 0 Å². The normalized spacial score (nSPS) is 12.7. The minimum atomic E-state index is 0.0885. The number of unbranched alkanes of at least 4 members (excludes halogenated alkanes) is 10. The van der Waals surface area contributed by atoms with Crippen molar-refractivity contribution in [3.63, 3.8) is 0 Å². The van der Waals surface area contributed by atoms with Crippen molar-refractivity contribution in [1.82, 2.24) is 0 Å². The molecule has 8 aromatic carbocycles. The predicted molar refractivity (Wildman–Crippen MR) is 357 cm³/mol. The van der Waals surface area contributed by atoms with Crippen molar-refractivity contribution in [1.29, 1.82) is 0 Å². The Morgan fingerprint density at radius 2 is 0.704 bits per heavy atom. The second-order valence-corrected chi connectivity index (χ2v) is 26.6. The van der Waals surface area contributed by atoms with Gasteiger partial charge in [-0.15, -0.1) is 0 Å². The van der Waals surface area contributed by atoms with Gasteiger partial charge in [-0.1, -0.05) is 246 Å². The molecule has 0 unspecified atom stereocenters. The third kappa shape index (κ3) is 13.8. The molecule has 1 aliphatic carbocycles. The van der Waals surface area contributed by atoms with E-state index in [-0.39, 0.29) is 16.2 Å². The summed E-state index contributed by atoms with van der Waals surface area (Å²) in [6, 6.07) is 55.4. The molecular weight excluding hydrogens is 977 g/mol. The maximum absolute atomic E-state index is 2.58. The van der Waals surface area contributed by atoms with Crippen LogP contribution in [-0.2, 0) is 16.2 Å². The Balaban J connectivity index is 0.000000220. The summed E-state index contributed by atoms with van der Waals surface area (Å²) in [6.07, 6.45) is 19.1. The zero-order chi connectivity index (χ0) is 58.2. The van der Waals surface area contributed by atoms with E-state index in [9.17, 15) is 0 Å². The molecule has 0 amide bonds. The monoisotopic (exact) mass is 1080 g/mol. The highest BCUT2D eigenvalue weighted by atomic mass is 15.2. The molecule has 81 heavy (non-hydrogen) atoms. The maximum Gasteiger partial charge on any atom is 0.0520 e. The number of anilines is 6. The van der Waals surface area contributed by atoms with Crippen molar-refractivity contribution in [2.75, 3.05) is 9.80 Å². The maximum atomic E-state index is 2.58. The number of fused-ring (bicyclic) bond motifs is 5. The third-order valence-corrected chi connectivity index (χ3v) is 17.8. The fraction of sp³-hybridized carbons (Fsp3) is 0.418. The molecule has 426 valence electrons. The lowest BCUT2D eigenvalue weighted by atomic mass is 9.70. The Bertz CT molecular complexity index is 3170. The van der Waals surface area contributed by atoms with E-state index in [1.807, 2.05) is 0 Å². The van der Waals surface area contributed by atoms with E-state index < -0.39 is 0 Å². The largest absolute Gasteiger partial charge is 0.310 e. The van der Waals surface area contributed by atoms with E-state index in [0.717, 1.165) is 22.7 Å². The first-order chi connectivity index (χ1) is 38.7. The molecule has 1 aliphatic rings. The number of rotatable bonds is 20. The predicted octanol–water partition coefficient (Wildman–Crippen LogP) is 24.3. The van der Waals surface area contributed by atoms with Gasteiger partial charge in [0.15, 0.2) is 0 Å². The molecular formula is C79H100N2. The Morgan fingerprint density at radius 3 is 1.10 bits per heavy atom. The summed E-state index contributed by atoms with van der Waals surface area (Å²) >= 11 is 0. The van der Waals surface area contributed by atoms with E-state index >= 15 is 0 Å². The average molecular weight is 1080 g/mol. The molecule has 0 bridgehead atoms. The molecule has 8 aromatic rings. The third-order valence-electron chi connectivity index (χ3n) is 17.8. The van der Waals surface area contributed by atoms with Gasteiger partial charge in [0, 0.05) is 28.2 Å². The molecule has 0 saturated heterocycles. The van der Waals surface area contributed by atoms with Gasteiger partial charge in [-0.3, -0.25) is 0 Å². The highest BCUT2D eigenvalue weighted by molar-refractivity contribution is 6.04. The molecule has 0 aliphatic heterocycles. The molecule has 2 heteroatoms.